The van der Waals surface area contributed by atoms with Gasteiger partial charge in [-0.25, -0.2) is 8.78 Å². The van der Waals surface area contributed by atoms with E-state index in [0.717, 1.165) is 6.07 Å². The van der Waals surface area contributed by atoms with Crippen LogP contribution in [0.1, 0.15) is 0 Å². The first-order chi connectivity index (χ1) is 9.19. The Morgan fingerprint density at radius 3 is 2.58 bits per heavy atom. The number of para-hydroxylation sites is 1. The van der Waals surface area contributed by atoms with Crippen LogP contribution in [0.5, 0.6) is 5.75 Å². The lowest BCUT2D eigenvalue weighted by Crippen LogP contribution is -1.94. The molecule has 96 valence electrons. The van der Waals surface area contributed by atoms with Gasteiger partial charge in [0, 0.05) is 5.56 Å². The van der Waals surface area contributed by atoms with Crippen LogP contribution >= 0.6 is 12.2 Å². The van der Waals surface area contributed by atoms with E-state index in [0.29, 0.717) is 11.3 Å². The summed E-state index contributed by atoms with van der Waals surface area (Å²) < 4.78 is 33.2. The van der Waals surface area contributed by atoms with Gasteiger partial charge < -0.3 is 4.74 Å². The Bertz CT molecular complexity index is 666. The zero-order chi connectivity index (χ0) is 13.8. The molecule has 0 aromatic heterocycles. The number of methoxy groups -OCH3 is 1. The van der Waals surface area contributed by atoms with Gasteiger partial charge in [0.15, 0.2) is 5.82 Å². The lowest BCUT2D eigenvalue weighted by Gasteiger charge is -2.11. The molecule has 2 aromatic rings. The summed E-state index contributed by atoms with van der Waals surface area (Å²) in [6.07, 6.45) is 0. The van der Waals surface area contributed by atoms with Gasteiger partial charge in [0.1, 0.15) is 17.3 Å². The monoisotopic (exact) mass is 277 g/mol. The van der Waals surface area contributed by atoms with Gasteiger partial charge in [0.25, 0.3) is 0 Å². The van der Waals surface area contributed by atoms with Crippen LogP contribution in [0.2, 0.25) is 0 Å². The van der Waals surface area contributed by atoms with Crippen molar-refractivity contribution in [1.29, 1.82) is 0 Å². The average molecular weight is 277 g/mol. The molecule has 0 radical (unpaired) electrons. The molecule has 5 heteroatoms. The van der Waals surface area contributed by atoms with Gasteiger partial charge in [-0.05, 0) is 30.4 Å². The lowest BCUT2D eigenvalue weighted by atomic mass is 10.0. The molecular formula is C14H9F2NOS. The van der Waals surface area contributed by atoms with Gasteiger partial charge in [-0.3, -0.25) is 0 Å². The second-order valence-corrected chi connectivity index (χ2v) is 3.84. The molecule has 0 bridgehead atoms. The highest BCUT2D eigenvalue weighted by molar-refractivity contribution is 7.78. The second-order valence-electron chi connectivity index (χ2n) is 3.66. The number of rotatable bonds is 3. The Morgan fingerprint density at radius 1 is 1.16 bits per heavy atom. The highest BCUT2D eigenvalue weighted by Gasteiger charge is 2.18. The smallest absolute Gasteiger partial charge is 0.160 e. The molecule has 2 aromatic carbocycles. The third-order valence-corrected chi connectivity index (χ3v) is 2.70. The highest BCUT2D eigenvalue weighted by atomic mass is 32.1. The van der Waals surface area contributed by atoms with Crippen molar-refractivity contribution >= 4 is 23.1 Å². The fraction of sp³-hybridized carbons (Fsp3) is 0.0714. The third kappa shape index (κ3) is 2.52. The minimum atomic E-state index is -0.790. The largest absolute Gasteiger partial charge is 0.496 e. The number of hydrogen-bond donors (Lipinski definition) is 0. The van der Waals surface area contributed by atoms with E-state index in [9.17, 15) is 8.78 Å². The maximum atomic E-state index is 14.2. The van der Waals surface area contributed by atoms with Gasteiger partial charge in [0.2, 0.25) is 0 Å². The number of ether oxygens (including phenoxy) is 1. The van der Waals surface area contributed by atoms with E-state index in [-0.39, 0.29) is 11.3 Å². The summed E-state index contributed by atoms with van der Waals surface area (Å²) >= 11 is 4.43. The van der Waals surface area contributed by atoms with Crippen LogP contribution in [0, 0.1) is 11.6 Å². The molecule has 0 aliphatic carbocycles. The van der Waals surface area contributed by atoms with Crippen molar-refractivity contribution in [3.8, 4) is 16.9 Å². The molecule has 2 rings (SSSR count). The van der Waals surface area contributed by atoms with Gasteiger partial charge in [0.05, 0.1) is 17.8 Å². The van der Waals surface area contributed by atoms with Gasteiger partial charge in [-0.15, -0.1) is 0 Å². The van der Waals surface area contributed by atoms with Gasteiger partial charge in [-0.2, -0.15) is 4.99 Å². The zero-order valence-corrected chi connectivity index (χ0v) is 10.8. The fourth-order valence-electron chi connectivity index (χ4n) is 1.78. The van der Waals surface area contributed by atoms with E-state index in [4.69, 9.17) is 4.74 Å². The standard InChI is InChI=1S/C14H9F2NOS/c1-18-12-5-3-2-4-9(12)13-10(15)6-7-11(14(13)16)17-8-19/h2-7H,1H3. The molecule has 0 atom stereocenters. The third-order valence-electron chi connectivity index (χ3n) is 2.61. The first-order valence-electron chi connectivity index (χ1n) is 5.38. The van der Waals surface area contributed by atoms with E-state index in [1.165, 1.54) is 13.2 Å². The van der Waals surface area contributed by atoms with Crippen LogP contribution in [0.4, 0.5) is 14.5 Å². The first kappa shape index (κ1) is 13.3. The van der Waals surface area contributed by atoms with Crippen molar-refractivity contribution in [2.24, 2.45) is 4.99 Å². The predicted octanol–water partition coefficient (Wildman–Crippen LogP) is 4.37. The van der Waals surface area contributed by atoms with Crippen LogP contribution < -0.4 is 4.74 Å². The van der Waals surface area contributed by atoms with E-state index in [1.54, 1.807) is 24.3 Å². The van der Waals surface area contributed by atoms with E-state index >= 15 is 0 Å². The molecule has 0 saturated heterocycles. The van der Waals surface area contributed by atoms with Crippen LogP contribution in [0.25, 0.3) is 11.1 Å². The molecule has 0 spiro atoms. The summed E-state index contributed by atoms with van der Waals surface area (Å²) in [6, 6.07) is 8.94. The molecule has 19 heavy (non-hydrogen) atoms. The number of hydrogen-bond acceptors (Lipinski definition) is 3. The molecule has 0 aliphatic heterocycles. The van der Waals surface area contributed by atoms with Crippen molar-refractivity contribution in [1.82, 2.24) is 0 Å². The number of halogens is 2. The average Bonchev–Trinajstić information content (AvgIpc) is 2.43. The normalized spacial score (nSPS) is 9.84. The number of benzene rings is 2. The maximum Gasteiger partial charge on any atom is 0.160 e. The molecule has 0 N–H and O–H groups in total. The molecule has 2 nitrogen and oxygen atoms in total. The van der Waals surface area contributed by atoms with Crippen molar-refractivity contribution in [3.05, 3.63) is 48.0 Å². The first-order valence-corrected chi connectivity index (χ1v) is 5.79. The Morgan fingerprint density at radius 2 is 1.89 bits per heavy atom. The topological polar surface area (TPSA) is 21.6 Å². The van der Waals surface area contributed by atoms with Gasteiger partial charge in [-0.1, -0.05) is 18.2 Å². The Hall–Kier alpha value is -2.10. The molecule has 0 unspecified atom stereocenters. The van der Waals surface area contributed by atoms with Crippen molar-refractivity contribution in [2.45, 2.75) is 0 Å². The van der Waals surface area contributed by atoms with E-state index < -0.39 is 11.6 Å². The molecular weight excluding hydrogens is 268 g/mol. The Labute approximate surface area is 114 Å². The van der Waals surface area contributed by atoms with Crippen LogP contribution in [0.3, 0.4) is 0 Å². The van der Waals surface area contributed by atoms with Crippen LogP contribution in [0.15, 0.2) is 41.4 Å². The molecule has 0 saturated carbocycles. The second kappa shape index (κ2) is 5.69. The highest BCUT2D eigenvalue weighted by Crippen LogP contribution is 2.36. The maximum absolute atomic E-state index is 14.2. The van der Waals surface area contributed by atoms with Crippen LogP contribution in [-0.2, 0) is 0 Å². The summed E-state index contributed by atoms with van der Waals surface area (Å²) in [5.41, 5.74) is 0.0719. The summed E-state index contributed by atoms with van der Waals surface area (Å²) in [5, 5.41) is 2.07. The van der Waals surface area contributed by atoms with E-state index in [1.807, 2.05) is 0 Å². The molecule has 0 aliphatic rings. The van der Waals surface area contributed by atoms with Crippen LogP contribution in [-0.4, -0.2) is 12.3 Å². The lowest BCUT2D eigenvalue weighted by molar-refractivity contribution is 0.415. The quantitative estimate of drug-likeness (QED) is 0.613. The summed E-state index contributed by atoms with van der Waals surface area (Å²) in [7, 11) is 1.44. The number of aliphatic imine (C=N–C) groups is 1. The Kier molecular flexibility index (Phi) is 4.00. The SMILES string of the molecule is COc1ccccc1-c1c(F)ccc(N=C=S)c1F. The molecule has 0 fully saturated rings. The zero-order valence-electron chi connectivity index (χ0n) is 9.98. The van der Waals surface area contributed by atoms with Crippen molar-refractivity contribution < 1.29 is 13.5 Å². The van der Waals surface area contributed by atoms with E-state index in [2.05, 4.69) is 22.4 Å². The summed E-state index contributed by atoms with van der Waals surface area (Å²) in [6.45, 7) is 0. The fourth-order valence-corrected chi connectivity index (χ4v) is 1.87. The summed E-state index contributed by atoms with van der Waals surface area (Å²) in [4.78, 5) is 3.57. The number of isothiocyanates is 1. The predicted molar refractivity (Wildman–Crippen MR) is 73.0 cm³/mol. The minimum absolute atomic E-state index is 0.0580. The van der Waals surface area contributed by atoms with Gasteiger partial charge >= 0.3 is 0 Å². The molecule has 0 heterocycles. The molecule has 0 amide bonds. The number of nitrogens with zero attached hydrogens (tertiary/aromatic N) is 1. The van der Waals surface area contributed by atoms with Crippen molar-refractivity contribution in [3.63, 3.8) is 0 Å². The Balaban J connectivity index is 2.74. The minimum Gasteiger partial charge on any atom is -0.496 e. The van der Waals surface area contributed by atoms with Crippen molar-refractivity contribution in [2.75, 3.05) is 7.11 Å². The number of thiocarbonyl (C=S) groups is 1. The summed E-state index contributed by atoms with van der Waals surface area (Å²) in [5.74, 6) is -1.10.